The van der Waals surface area contributed by atoms with Crippen molar-refractivity contribution in [2.24, 2.45) is 5.84 Å². The Balaban J connectivity index is 2.48. The van der Waals surface area contributed by atoms with E-state index in [0.29, 0.717) is 6.07 Å². The number of ether oxygens (including phenoxy) is 1. The fraction of sp³-hybridized carbons (Fsp3) is 0.231. The smallest absolute Gasteiger partial charge is 0.417 e. The van der Waals surface area contributed by atoms with Crippen LogP contribution in [0.5, 0.6) is 5.75 Å². The third kappa shape index (κ3) is 3.19. The maximum atomic E-state index is 12.9. The largest absolute Gasteiger partial charge is 0.481 e. The molecule has 0 aliphatic rings. The number of benzene rings is 1. The van der Waals surface area contributed by atoms with Crippen LogP contribution >= 0.6 is 0 Å². The van der Waals surface area contributed by atoms with E-state index in [1.807, 2.05) is 5.43 Å². The summed E-state index contributed by atoms with van der Waals surface area (Å²) in [5.41, 5.74) is -0.653. The molecule has 0 bridgehead atoms. The van der Waals surface area contributed by atoms with Gasteiger partial charge < -0.3 is 9.15 Å². The minimum atomic E-state index is -4.69. The van der Waals surface area contributed by atoms with E-state index >= 15 is 0 Å². The molecule has 0 spiro atoms. The van der Waals surface area contributed by atoms with Crippen LogP contribution in [0, 0.1) is 0 Å². The normalized spacial score (nSPS) is 13.0. The quantitative estimate of drug-likeness (QED) is 0.388. The van der Waals surface area contributed by atoms with Gasteiger partial charge in [-0.1, -0.05) is 0 Å². The van der Waals surface area contributed by atoms with E-state index in [0.717, 1.165) is 12.1 Å². The molecule has 3 N–H and O–H groups in total. The monoisotopic (exact) mass is 316 g/mol. The average molecular weight is 316 g/mol. The van der Waals surface area contributed by atoms with Gasteiger partial charge in [0.05, 0.1) is 5.56 Å². The molecule has 2 aromatic rings. The maximum absolute atomic E-state index is 12.9. The molecule has 1 aromatic heterocycles. The summed E-state index contributed by atoms with van der Waals surface area (Å²) in [6.07, 6.45) is -5.66. The highest BCUT2D eigenvalue weighted by atomic mass is 19.4. The summed E-state index contributed by atoms with van der Waals surface area (Å²) in [6.45, 7) is 1.40. The van der Waals surface area contributed by atoms with Crippen molar-refractivity contribution in [2.45, 2.75) is 19.2 Å². The molecule has 1 amide bonds. The molecule has 1 heterocycles. The van der Waals surface area contributed by atoms with E-state index < -0.39 is 29.4 Å². The number of alkyl halides is 3. The molecule has 0 fully saturated rings. The molecule has 0 saturated carbocycles. The molecule has 2 rings (SSSR count). The SMILES string of the molecule is CC(Oc1ccc2c(C(F)(F)F)cc(=O)oc2c1)C(=O)NN. The first-order chi connectivity index (χ1) is 10.2. The Kier molecular flexibility index (Phi) is 4.09. The van der Waals surface area contributed by atoms with Gasteiger partial charge >= 0.3 is 11.8 Å². The van der Waals surface area contributed by atoms with Crippen LogP contribution in [0.1, 0.15) is 12.5 Å². The lowest BCUT2D eigenvalue weighted by Gasteiger charge is -2.14. The second-order valence-electron chi connectivity index (χ2n) is 4.40. The number of amides is 1. The van der Waals surface area contributed by atoms with E-state index in [9.17, 15) is 22.8 Å². The Bertz CT molecular complexity index is 770. The fourth-order valence-corrected chi connectivity index (χ4v) is 1.83. The van der Waals surface area contributed by atoms with E-state index in [-0.39, 0.29) is 16.7 Å². The zero-order valence-corrected chi connectivity index (χ0v) is 11.2. The lowest BCUT2D eigenvalue weighted by atomic mass is 10.1. The molecule has 22 heavy (non-hydrogen) atoms. The summed E-state index contributed by atoms with van der Waals surface area (Å²) in [6, 6.07) is 3.82. The summed E-state index contributed by atoms with van der Waals surface area (Å²) in [5.74, 6) is 4.38. The first-order valence-corrected chi connectivity index (χ1v) is 6.04. The maximum Gasteiger partial charge on any atom is 0.417 e. The van der Waals surface area contributed by atoms with Gasteiger partial charge in [0, 0.05) is 17.5 Å². The van der Waals surface area contributed by atoms with Crippen LogP contribution in [0.4, 0.5) is 13.2 Å². The van der Waals surface area contributed by atoms with E-state index in [4.69, 9.17) is 15.0 Å². The predicted octanol–water partition coefficient (Wildman–Crippen LogP) is 1.57. The molecule has 118 valence electrons. The number of carbonyl (C=O) groups excluding carboxylic acids is 1. The second-order valence-corrected chi connectivity index (χ2v) is 4.40. The number of fused-ring (bicyclic) bond motifs is 1. The third-order valence-corrected chi connectivity index (χ3v) is 2.85. The van der Waals surface area contributed by atoms with Gasteiger partial charge in [-0.05, 0) is 19.1 Å². The zero-order valence-electron chi connectivity index (χ0n) is 11.2. The Morgan fingerprint density at radius 1 is 1.36 bits per heavy atom. The molecule has 0 aliphatic heterocycles. The number of hydrazine groups is 1. The number of nitrogens with one attached hydrogen (secondary N) is 1. The summed E-state index contributed by atoms with van der Waals surface area (Å²) in [5, 5.41) is -0.282. The van der Waals surface area contributed by atoms with Gasteiger partial charge in [-0.3, -0.25) is 10.2 Å². The summed E-state index contributed by atoms with van der Waals surface area (Å²) >= 11 is 0. The Labute approximate surface area is 121 Å². The van der Waals surface area contributed by atoms with E-state index in [2.05, 4.69) is 0 Å². The molecular formula is C13H11F3N2O4. The fourth-order valence-electron chi connectivity index (χ4n) is 1.83. The van der Waals surface area contributed by atoms with Gasteiger partial charge in [0.25, 0.3) is 5.91 Å². The number of nitrogens with two attached hydrogens (primary N) is 1. The van der Waals surface area contributed by atoms with E-state index in [1.54, 1.807) is 0 Å². The van der Waals surface area contributed by atoms with Gasteiger partial charge in [0.15, 0.2) is 6.10 Å². The number of hydrogen-bond donors (Lipinski definition) is 2. The van der Waals surface area contributed by atoms with Gasteiger partial charge in [-0.25, -0.2) is 10.6 Å². The molecule has 1 aromatic carbocycles. The van der Waals surface area contributed by atoms with Crippen LogP contribution in [-0.4, -0.2) is 12.0 Å². The molecule has 6 nitrogen and oxygen atoms in total. The molecule has 0 saturated heterocycles. The molecular weight excluding hydrogens is 305 g/mol. The molecule has 0 radical (unpaired) electrons. The van der Waals surface area contributed by atoms with Gasteiger partial charge in [0.1, 0.15) is 11.3 Å². The van der Waals surface area contributed by atoms with Crippen LogP contribution < -0.4 is 21.6 Å². The summed E-state index contributed by atoms with van der Waals surface area (Å²) in [4.78, 5) is 22.5. The van der Waals surface area contributed by atoms with Crippen molar-refractivity contribution in [3.05, 3.63) is 40.2 Å². The van der Waals surface area contributed by atoms with Crippen molar-refractivity contribution in [2.75, 3.05) is 0 Å². The Morgan fingerprint density at radius 2 is 2.05 bits per heavy atom. The lowest BCUT2D eigenvalue weighted by Crippen LogP contribution is -2.40. The van der Waals surface area contributed by atoms with Crippen LogP contribution in [0.2, 0.25) is 0 Å². The van der Waals surface area contributed by atoms with Gasteiger partial charge in [-0.2, -0.15) is 13.2 Å². The van der Waals surface area contributed by atoms with Crippen molar-refractivity contribution in [1.29, 1.82) is 0 Å². The number of hydrogen-bond acceptors (Lipinski definition) is 5. The minimum Gasteiger partial charge on any atom is -0.481 e. The Morgan fingerprint density at radius 3 is 2.64 bits per heavy atom. The first-order valence-electron chi connectivity index (χ1n) is 6.04. The second kappa shape index (κ2) is 5.68. The third-order valence-electron chi connectivity index (χ3n) is 2.85. The molecule has 1 unspecified atom stereocenters. The predicted molar refractivity (Wildman–Crippen MR) is 69.9 cm³/mol. The lowest BCUT2D eigenvalue weighted by molar-refractivity contribution is -0.136. The minimum absolute atomic E-state index is 0.0612. The average Bonchev–Trinajstić information content (AvgIpc) is 2.44. The van der Waals surface area contributed by atoms with Crippen molar-refractivity contribution in [3.63, 3.8) is 0 Å². The van der Waals surface area contributed by atoms with Crippen LogP contribution in [0.25, 0.3) is 11.0 Å². The van der Waals surface area contributed by atoms with E-state index in [1.165, 1.54) is 13.0 Å². The highest BCUT2D eigenvalue weighted by molar-refractivity contribution is 5.83. The Hall–Kier alpha value is -2.55. The highest BCUT2D eigenvalue weighted by Gasteiger charge is 2.33. The van der Waals surface area contributed by atoms with Crippen molar-refractivity contribution in [1.82, 2.24) is 5.43 Å². The van der Waals surface area contributed by atoms with Crippen molar-refractivity contribution >= 4 is 16.9 Å². The van der Waals surface area contributed by atoms with Gasteiger partial charge in [0.2, 0.25) is 0 Å². The first kappa shape index (κ1) is 15.8. The van der Waals surface area contributed by atoms with Crippen molar-refractivity contribution < 1.29 is 27.1 Å². The molecule has 1 atom stereocenters. The topological polar surface area (TPSA) is 94.6 Å². The standard InChI is InChI=1S/C13H11F3N2O4/c1-6(12(20)18-17)21-7-2-3-8-9(13(14,15)16)5-11(19)22-10(8)4-7/h2-6H,17H2,1H3,(H,18,20). The number of halogens is 3. The molecule has 0 aliphatic carbocycles. The van der Waals surface area contributed by atoms with Gasteiger partial charge in [-0.15, -0.1) is 0 Å². The summed E-state index contributed by atoms with van der Waals surface area (Å²) < 4.78 is 48.6. The zero-order chi connectivity index (χ0) is 16.5. The highest BCUT2D eigenvalue weighted by Crippen LogP contribution is 2.34. The number of rotatable bonds is 3. The molecule has 9 heteroatoms. The summed E-state index contributed by atoms with van der Waals surface area (Å²) in [7, 11) is 0. The van der Waals surface area contributed by atoms with Crippen LogP contribution in [-0.2, 0) is 11.0 Å². The van der Waals surface area contributed by atoms with Crippen LogP contribution in [0.15, 0.2) is 33.5 Å². The number of carbonyl (C=O) groups is 1. The van der Waals surface area contributed by atoms with Crippen molar-refractivity contribution in [3.8, 4) is 5.75 Å². The van der Waals surface area contributed by atoms with Crippen LogP contribution in [0.3, 0.4) is 0 Å².